The van der Waals surface area contributed by atoms with Crippen molar-refractivity contribution in [3.8, 4) is 0 Å². The first-order valence-corrected chi connectivity index (χ1v) is 5.14. The second kappa shape index (κ2) is 4.40. The predicted molar refractivity (Wildman–Crippen MR) is 60.7 cm³/mol. The minimum atomic E-state index is -0.978. The Morgan fingerprint density at radius 2 is 2.38 bits per heavy atom. The largest absolute Gasteiger partial charge is 0.478 e. The van der Waals surface area contributed by atoms with Crippen LogP contribution in [0.15, 0.2) is 18.2 Å². The van der Waals surface area contributed by atoms with E-state index in [0.717, 1.165) is 6.42 Å². The number of carbonyl (C=O) groups is 1. The molecule has 1 saturated heterocycles. The molecule has 1 aromatic carbocycles. The lowest BCUT2D eigenvalue weighted by Gasteiger charge is -2.16. The zero-order valence-electron chi connectivity index (χ0n) is 8.77. The molecular weight excluding hydrogens is 208 g/mol. The quantitative estimate of drug-likeness (QED) is 0.668. The van der Waals surface area contributed by atoms with Crippen LogP contribution in [0.3, 0.4) is 0 Å². The molecule has 0 radical (unpaired) electrons. The Kier molecular flexibility index (Phi) is 2.96. The molecule has 0 bridgehead atoms. The maximum absolute atomic E-state index is 11.0. The van der Waals surface area contributed by atoms with Gasteiger partial charge in [-0.05, 0) is 18.6 Å². The fourth-order valence-corrected chi connectivity index (χ4v) is 1.76. The summed E-state index contributed by atoms with van der Waals surface area (Å²) in [4.78, 5) is 11.0. The second-order valence-corrected chi connectivity index (χ2v) is 3.78. The first-order valence-electron chi connectivity index (χ1n) is 5.14. The van der Waals surface area contributed by atoms with Crippen LogP contribution in [0.4, 0.5) is 11.4 Å². The van der Waals surface area contributed by atoms with Gasteiger partial charge in [-0.15, -0.1) is 0 Å². The summed E-state index contributed by atoms with van der Waals surface area (Å²) in [6, 6.07) is 5.00. The third kappa shape index (κ3) is 2.09. The number of hydrogen-bond acceptors (Lipinski definition) is 4. The molecule has 1 atom stereocenters. The average molecular weight is 222 g/mol. The molecule has 1 aliphatic rings. The fraction of sp³-hybridized carbons (Fsp3) is 0.364. The van der Waals surface area contributed by atoms with Gasteiger partial charge in [0.2, 0.25) is 0 Å². The zero-order chi connectivity index (χ0) is 11.5. The molecule has 16 heavy (non-hydrogen) atoms. The van der Waals surface area contributed by atoms with Crippen molar-refractivity contribution in [3.05, 3.63) is 23.8 Å². The van der Waals surface area contributed by atoms with Gasteiger partial charge in [-0.1, -0.05) is 6.07 Å². The van der Waals surface area contributed by atoms with E-state index in [1.165, 1.54) is 6.07 Å². The van der Waals surface area contributed by atoms with Crippen molar-refractivity contribution in [1.29, 1.82) is 0 Å². The number of nitrogens with one attached hydrogen (secondary N) is 1. The Bertz CT molecular complexity index is 400. The van der Waals surface area contributed by atoms with E-state index in [9.17, 15) is 4.79 Å². The monoisotopic (exact) mass is 222 g/mol. The number of rotatable bonds is 3. The molecule has 5 nitrogen and oxygen atoms in total. The van der Waals surface area contributed by atoms with Crippen LogP contribution < -0.4 is 11.1 Å². The van der Waals surface area contributed by atoms with Crippen molar-refractivity contribution >= 4 is 17.3 Å². The highest BCUT2D eigenvalue weighted by Gasteiger charge is 2.19. The van der Waals surface area contributed by atoms with Gasteiger partial charge in [-0.3, -0.25) is 0 Å². The number of carboxylic acid groups (broad SMARTS) is 1. The normalized spacial score (nSPS) is 19.6. The molecule has 4 N–H and O–H groups in total. The summed E-state index contributed by atoms with van der Waals surface area (Å²) < 4.78 is 5.22. The van der Waals surface area contributed by atoms with Gasteiger partial charge in [0.25, 0.3) is 0 Å². The van der Waals surface area contributed by atoms with Crippen LogP contribution in [0, 0.1) is 0 Å². The van der Waals surface area contributed by atoms with Crippen molar-refractivity contribution in [2.45, 2.75) is 12.5 Å². The molecule has 0 amide bonds. The smallest absolute Gasteiger partial charge is 0.337 e. The van der Waals surface area contributed by atoms with E-state index < -0.39 is 5.97 Å². The van der Waals surface area contributed by atoms with Gasteiger partial charge in [-0.2, -0.15) is 0 Å². The van der Waals surface area contributed by atoms with Crippen molar-refractivity contribution < 1.29 is 14.6 Å². The highest BCUT2D eigenvalue weighted by atomic mass is 16.5. The van der Waals surface area contributed by atoms with E-state index in [2.05, 4.69) is 5.32 Å². The minimum absolute atomic E-state index is 0.141. The number of nitrogen functional groups attached to an aromatic ring is 1. The number of ether oxygens (including phenoxy) is 1. The minimum Gasteiger partial charge on any atom is -0.478 e. The molecule has 1 aromatic rings. The van der Waals surface area contributed by atoms with Crippen molar-refractivity contribution in [1.82, 2.24) is 0 Å². The molecule has 1 unspecified atom stereocenters. The molecule has 0 aromatic heterocycles. The van der Waals surface area contributed by atoms with Gasteiger partial charge in [-0.25, -0.2) is 4.79 Å². The average Bonchev–Trinajstić information content (AvgIpc) is 2.73. The first kappa shape index (κ1) is 10.8. The number of anilines is 2. The summed E-state index contributed by atoms with van der Waals surface area (Å²) >= 11 is 0. The van der Waals surface area contributed by atoms with Gasteiger partial charge in [0, 0.05) is 6.61 Å². The van der Waals surface area contributed by atoms with E-state index in [1.54, 1.807) is 12.1 Å². The first-order chi connectivity index (χ1) is 7.68. The number of benzene rings is 1. The van der Waals surface area contributed by atoms with E-state index in [4.69, 9.17) is 15.6 Å². The van der Waals surface area contributed by atoms with Crippen LogP contribution in [-0.2, 0) is 4.74 Å². The predicted octanol–water partition coefficient (Wildman–Crippen LogP) is 1.17. The molecular formula is C11H14N2O3. The van der Waals surface area contributed by atoms with Crippen LogP contribution in [0.25, 0.3) is 0 Å². The Morgan fingerprint density at radius 1 is 1.56 bits per heavy atom. The van der Waals surface area contributed by atoms with Crippen LogP contribution >= 0.6 is 0 Å². The number of para-hydroxylation sites is 1. The van der Waals surface area contributed by atoms with Crippen molar-refractivity contribution in [2.75, 3.05) is 24.3 Å². The van der Waals surface area contributed by atoms with Crippen LogP contribution in [0.1, 0.15) is 16.8 Å². The maximum atomic E-state index is 11.0. The highest BCUT2D eigenvalue weighted by molar-refractivity contribution is 5.97. The molecule has 0 saturated carbocycles. The summed E-state index contributed by atoms with van der Waals surface area (Å²) in [6.45, 7) is 1.29. The van der Waals surface area contributed by atoms with Gasteiger partial charge in [0.15, 0.2) is 0 Å². The van der Waals surface area contributed by atoms with Crippen LogP contribution in [0.2, 0.25) is 0 Å². The van der Waals surface area contributed by atoms with Gasteiger partial charge in [0.1, 0.15) is 0 Å². The molecule has 1 aliphatic heterocycles. The second-order valence-electron chi connectivity index (χ2n) is 3.78. The van der Waals surface area contributed by atoms with E-state index in [0.29, 0.717) is 24.6 Å². The maximum Gasteiger partial charge on any atom is 0.337 e. The number of hydrogen-bond donors (Lipinski definition) is 3. The number of nitrogens with two attached hydrogens (primary N) is 1. The molecule has 1 heterocycles. The number of aromatic carboxylic acids is 1. The molecule has 0 spiro atoms. The van der Waals surface area contributed by atoms with Gasteiger partial charge in [0.05, 0.1) is 29.6 Å². The molecule has 0 aliphatic carbocycles. The van der Waals surface area contributed by atoms with E-state index >= 15 is 0 Å². The van der Waals surface area contributed by atoms with Crippen LogP contribution in [-0.4, -0.2) is 30.3 Å². The molecule has 86 valence electrons. The summed E-state index contributed by atoms with van der Waals surface area (Å²) in [5.74, 6) is -0.978. The lowest BCUT2D eigenvalue weighted by molar-refractivity contribution is 0.0698. The van der Waals surface area contributed by atoms with Gasteiger partial charge >= 0.3 is 5.97 Å². The fourth-order valence-electron chi connectivity index (χ4n) is 1.76. The SMILES string of the molecule is Nc1cccc(C(=O)O)c1NC1CCOC1. The molecule has 2 rings (SSSR count). The summed E-state index contributed by atoms with van der Waals surface area (Å²) in [7, 11) is 0. The molecule has 1 fully saturated rings. The Hall–Kier alpha value is -1.75. The zero-order valence-corrected chi connectivity index (χ0v) is 8.77. The van der Waals surface area contributed by atoms with Crippen molar-refractivity contribution in [2.24, 2.45) is 0 Å². The highest BCUT2D eigenvalue weighted by Crippen LogP contribution is 2.25. The topological polar surface area (TPSA) is 84.6 Å². The summed E-state index contributed by atoms with van der Waals surface area (Å²) in [5, 5.41) is 12.2. The third-order valence-corrected chi connectivity index (χ3v) is 2.61. The lowest BCUT2D eigenvalue weighted by atomic mass is 10.1. The summed E-state index contributed by atoms with van der Waals surface area (Å²) in [5.41, 5.74) is 6.91. The summed E-state index contributed by atoms with van der Waals surface area (Å²) in [6.07, 6.45) is 0.868. The standard InChI is InChI=1S/C11H14N2O3/c12-9-3-1-2-8(11(14)15)10(9)13-7-4-5-16-6-7/h1-3,7,13H,4-6,12H2,(H,14,15). The number of carboxylic acids is 1. The Morgan fingerprint density at radius 3 is 3.00 bits per heavy atom. The van der Waals surface area contributed by atoms with Crippen molar-refractivity contribution in [3.63, 3.8) is 0 Å². The van der Waals surface area contributed by atoms with Gasteiger partial charge < -0.3 is 20.9 Å². The Labute approximate surface area is 93.2 Å². The lowest BCUT2D eigenvalue weighted by Crippen LogP contribution is -2.21. The molecule has 5 heteroatoms. The van der Waals surface area contributed by atoms with Crippen LogP contribution in [0.5, 0.6) is 0 Å². The Balaban J connectivity index is 2.26. The van der Waals surface area contributed by atoms with E-state index in [-0.39, 0.29) is 11.6 Å². The van der Waals surface area contributed by atoms with E-state index in [1.807, 2.05) is 0 Å². The third-order valence-electron chi connectivity index (χ3n) is 2.61.